The number of thioether (sulfide) groups is 1. The van der Waals surface area contributed by atoms with E-state index in [1.807, 2.05) is 41.3 Å². The Kier molecular flexibility index (Phi) is 5.57. The van der Waals surface area contributed by atoms with E-state index in [0.717, 1.165) is 15.7 Å². The van der Waals surface area contributed by atoms with Crippen molar-refractivity contribution in [3.63, 3.8) is 0 Å². The van der Waals surface area contributed by atoms with E-state index in [9.17, 15) is 13.2 Å². The molecule has 1 amide bonds. The number of amides is 1. The van der Waals surface area contributed by atoms with Gasteiger partial charge in [0.05, 0.1) is 24.0 Å². The third-order valence-corrected chi connectivity index (χ3v) is 8.74. The molecule has 2 aliphatic heterocycles. The van der Waals surface area contributed by atoms with E-state index in [-0.39, 0.29) is 35.1 Å². The minimum absolute atomic E-state index is 0.0644. The molecule has 2 aromatic rings. The lowest BCUT2D eigenvalue weighted by Gasteiger charge is -2.24. The van der Waals surface area contributed by atoms with Gasteiger partial charge < -0.3 is 4.90 Å². The average molecular weight is 500 g/mol. The number of amidine groups is 1. The number of carbonyl (C=O) groups is 1. The van der Waals surface area contributed by atoms with E-state index >= 15 is 0 Å². The first kappa shape index (κ1) is 19.9. The van der Waals surface area contributed by atoms with Gasteiger partial charge >= 0.3 is 0 Å². The number of hydrogen-bond donors (Lipinski definition) is 0. The largest absolute Gasteiger partial charge is 0.316 e. The summed E-state index contributed by atoms with van der Waals surface area (Å²) in [5, 5.41) is 0.942. The second kappa shape index (κ2) is 7.82. The zero-order valence-electron chi connectivity index (χ0n) is 14.6. The van der Waals surface area contributed by atoms with Crippen LogP contribution in [0.25, 0.3) is 0 Å². The van der Waals surface area contributed by atoms with Gasteiger partial charge in [0.2, 0.25) is 0 Å². The second-order valence-corrected chi connectivity index (χ2v) is 11.4. The van der Waals surface area contributed by atoms with E-state index in [1.165, 1.54) is 11.8 Å². The second-order valence-electron chi connectivity index (χ2n) is 6.71. The lowest BCUT2D eigenvalue weighted by atomic mass is 10.1. The number of carbonyl (C=O) groups excluding carboxylic acids is 1. The highest BCUT2D eigenvalue weighted by atomic mass is 79.9. The van der Waals surface area contributed by atoms with Gasteiger partial charge in [-0.3, -0.25) is 4.79 Å². The zero-order valence-corrected chi connectivity index (χ0v) is 18.6. The molecule has 0 radical (unpaired) electrons. The van der Waals surface area contributed by atoms with Gasteiger partial charge in [0.1, 0.15) is 0 Å². The van der Waals surface area contributed by atoms with Gasteiger partial charge in [0.25, 0.3) is 5.91 Å². The zero-order chi connectivity index (χ0) is 19.9. The highest BCUT2D eigenvalue weighted by Crippen LogP contribution is 2.41. The number of hydrogen-bond acceptors (Lipinski definition) is 4. The molecular weight excluding hydrogens is 484 g/mol. The number of rotatable bonds is 3. The Labute approximate surface area is 181 Å². The first-order valence-electron chi connectivity index (χ1n) is 8.59. The fourth-order valence-corrected chi connectivity index (χ4v) is 7.96. The molecule has 0 N–H and O–H groups in total. The summed E-state index contributed by atoms with van der Waals surface area (Å²) in [5.41, 5.74) is 1.54. The summed E-state index contributed by atoms with van der Waals surface area (Å²) >= 11 is 11.0. The topological polar surface area (TPSA) is 66.8 Å². The van der Waals surface area contributed by atoms with Gasteiger partial charge in [-0.25, -0.2) is 8.42 Å². The van der Waals surface area contributed by atoms with Crippen molar-refractivity contribution < 1.29 is 13.2 Å². The van der Waals surface area contributed by atoms with Crippen molar-refractivity contribution in [2.75, 3.05) is 16.4 Å². The normalized spacial score (nSPS) is 24.5. The summed E-state index contributed by atoms with van der Waals surface area (Å²) in [6.07, 6.45) is 0.101. The Hall–Kier alpha value is -1.35. The maximum absolute atomic E-state index is 12.6. The quantitative estimate of drug-likeness (QED) is 0.640. The summed E-state index contributed by atoms with van der Waals surface area (Å²) in [7, 11) is -3.09. The molecule has 9 heteroatoms. The molecule has 2 fully saturated rings. The molecule has 2 saturated heterocycles. The van der Waals surface area contributed by atoms with Gasteiger partial charge in [-0.05, 0) is 29.8 Å². The molecule has 0 unspecified atom stereocenters. The molecule has 5 nitrogen and oxygen atoms in total. The fraction of sp³-hybridized carbons (Fsp3) is 0.263. The molecule has 2 aromatic carbocycles. The van der Waals surface area contributed by atoms with Crippen LogP contribution in [0.4, 0.5) is 5.69 Å². The van der Waals surface area contributed by atoms with Gasteiger partial charge in [-0.15, -0.1) is 0 Å². The van der Waals surface area contributed by atoms with Crippen LogP contribution in [0.3, 0.4) is 0 Å². The summed E-state index contributed by atoms with van der Waals surface area (Å²) in [6, 6.07) is 14.5. The van der Waals surface area contributed by atoms with Gasteiger partial charge in [0.15, 0.2) is 15.0 Å². The molecule has 0 bridgehead atoms. The van der Waals surface area contributed by atoms with Gasteiger partial charge in [0, 0.05) is 20.4 Å². The van der Waals surface area contributed by atoms with Crippen LogP contribution in [-0.4, -0.2) is 42.3 Å². The van der Waals surface area contributed by atoms with Crippen LogP contribution < -0.4 is 4.90 Å². The number of fused-ring (bicyclic) bond motifs is 1. The van der Waals surface area contributed by atoms with Crippen molar-refractivity contribution in [2.24, 2.45) is 4.99 Å². The highest BCUT2D eigenvalue weighted by molar-refractivity contribution is 9.10. The fourth-order valence-electron chi connectivity index (χ4n) is 3.44. The number of anilines is 1. The molecule has 2 atom stereocenters. The molecule has 0 aromatic heterocycles. The van der Waals surface area contributed by atoms with Gasteiger partial charge in [-0.2, -0.15) is 4.99 Å². The molecule has 146 valence electrons. The Morgan fingerprint density at radius 2 is 2.00 bits per heavy atom. The van der Waals surface area contributed by atoms with E-state index < -0.39 is 9.84 Å². The summed E-state index contributed by atoms with van der Waals surface area (Å²) in [6.45, 7) is 0. The number of nitrogens with zero attached hydrogens (tertiary/aromatic N) is 2. The lowest BCUT2D eigenvalue weighted by Crippen LogP contribution is -2.37. The molecule has 2 aliphatic rings. The Morgan fingerprint density at radius 3 is 2.75 bits per heavy atom. The number of aliphatic imine (C=N–C) groups is 1. The standard InChI is InChI=1S/C19H16BrClN2O3S2/c20-13-5-3-6-14(9-13)23-16-10-28(25,26)11-17(16)27-19(23)22-18(24)8-12-4-1-2-7-15(12)21/h1-7,9,16-17H,8,10-11H2/t16-,17+/m1/s1. The average Bonchev–Trinajstić information content (AvgIpc) is 3.07. The number of benzene rings is 2. The van der Waals surface area contributed by atoms with Crippen molar-refractivity contribution in [1.29, 1.82) is 0 Å². The third kappa shape index (κ3) is 4.15. The summed E-state index contributed by atoms with van der Waals surface area (Å²) in [4.78, 5) is 18.8. The van der Waals surface area contributed by atoms with E-state index in [0.29, 0.717) is 10.2 Å². The van der Waals surface area contributed by atoms with Crippen LogP contribution in [0.15, 0.2) is 58.0 Å². The predicted octanol–water partition coefficient (Wildman–Crippen LogP) is 3.95. The van der Waals surface area contributed by atoms with E-state index in [1.54, 1.807) is 12.1 Å². The monoisotopic (exact) mass is 498 g/mol. The van der Waals surface area contributed by atoms with Crippen molar-refractivity contribution in [3.8, 4) is 0 Å². The van der Waals surface area contributed by atoms with Crippen LogP contribution in [0.2, 0.25) is 5.02 Å². The van der Waals surface area contributed by atoms with Crippen molar-refractivity contribution in [2.45, 2.75) is 17.7 Å². The van der Waals surface area contributed by atoms with E-state index in [2.05, 4.69) is 20.9 Å². The SMILES string of the molecule is O=C(Cc1ccccc1Cl)N=C1S[C@H]2CS(=O)(=O)C[C@H]2N1c1cccc(Br)c1. The van der Waals surface area contributed by atoms with Crippen LogP contribution in [0, 0.1) is 0 Å². The first-order valence-corrected chi connectivity index (χ1v) is 12.5. The van der Waals surface area contributed by atoms with Crippen molar-refractivity contribution in [1.82, 2.24) is 0 Å². The van der Waals surface area contributed by atoms with Crippen LogP contribution in [0.5, 0.6) is 0 Å². The predicted molar refractivity (Wildman–Crippen MR) is 118 cm³/mol. The maximum Gasteiger partial charge on any atom is 0.252 e. The lowest BCUT2D eigenvalue weighted by molar-refractivity contribution is -0.117. The summed E-state index contributed by atoms with van der Waals surface area (Å²) in [5.74, 6) is -0.141. The molecule has 28 heavy (non-hydrogen) atoms. The Balaban J connectivity index is 1.66. The van der Waals surface area contributed by atoms with E-state index in [4.69, 9.17) is 11.6 Å². The third-order valence-electron chi connectivity index (χ3n) is 4.67. The molecular formula is C19H16BrClN2O3S2. The van der Waals surface area contributed by atoms with Crippen LogP contribution >= 0.6 is 39.3 Å². The van der Waals surface area contributed by atoms with Crippen molar-refractivity contribution in [3.05, 3.63) is 63.6 Å². The molecule has 0 aliphatic carbocycles. The highest BCUT2D eigenvalue weighted by Gasteiger charge is 2.49. The molecule has 0 spiro atoms. The van der Waals surface area contributed by atoms with Crippen LogP contribution in [0.1, 0.15) is 5.56 Å². The minimum Gasteiger partial charge on any atom is -0.316 e. The first-order chi connectivity index (χ1) is 13.3. The van der Waals surface area contributed by atoms with Crippen molar-refractivity contribution >= 4 is 65.9 Å². The maximum atomic E-state index is 12.6. The van der Waals surface area contributed by atoms with Gasteiger partial charge in [-0.1, -0.05) is 63.6 Å². The number of halogens is 2. The molecule has 0 saturated carbocycles. The Morgan fingerprint density at radius 1 is 1.21 bits per heavy atom. The molecule has 4 rings (SSSR count). The Bertz CT molecular complexity index is 1070. The number of sulfone groups is 1. The molecule has 2 heterocycles. The minimum atomic E-state index is -3.09. The smallest absolute Gasteiger partial charge is 0.252 e. The van der Waals surface area contributed by atoms with Crippen LogP contribution in [-0.2, 0) is 21.1 Å². The summed E-state index contributed by atoms with van der Waals surface area (Å²) < 4.78 is 25.1.